The van der Waals surface area contributed by atoms with Crippen LogP contribution in [0.25, 0.3) is 0 Å². The highest BCUT2D eigenvalue weighted by molar-refractivity contribution is 5.55. The van der Waals surface area contributed by atoms with E-state index in [4.69, 9.17) is 33.2 Å². The molecular weight excluding hydrogens is 428 g/mol. The molecule has 0 aromatic heterocycles. The Balaban J connectivity index is 1.95. The minimum Gasteiger partial charge on any atom is -0.493 e. The zero-order valence-corrected chi connectivity index (χ0v) is 20.3. The molecule has 0 radical (unpaired) electrons. The third-order valence-corrected chi connectivity index (χ3v) is 6.33. The molecule has 2 unspecified atom stereocenters. The molecule has 1 aliphatic heterocycles. The fraction of sp³-hybridized carbons (Fsp3) is 0.520. The van der Waals surface area contributed by atoms with Gasteiger partial charge in [-0.1, -0.05) is 13.3 Å². The lowest BCUT2D eigenvalue weighted by molar-refractivity contribution is 0.0752. The van der Waals surface area contributed by atoms with Crippen LogP contribution in [0, 0.1) is 11.8 Å². The van der Waals surface area contributed by atoms with Crippen LogP contribution >= 0.6 is 0 Å². The summed E-state index contributed by atoms with van der Waals surface area (Å²) in [4.78, 5) is 0. The highest BCUT2D eigenvalue weighted by Gasteiger charge is 2.42. The minimum atomic E-state index is -0.782. The molecule has 33 heavy (non-hydrogen) atoms. The monoisotopic (exact) mass is 462 g/mol. The van der Waals surface area contributed by atoms with E-state index >= 15 is 0 Å². The SMILES string of the molecule is CC[C@H]1C(C(O)c2cc(OC)c(OC)c(OC)c2)CO[C@@H]1c1cc(OC)c(OC)c(OC)c1. The van der Waals surface area contributed by atoms with Crippen molar-refractivity contribution in [3.05, 3.63) is 35.4 Å². The molecule has 1 aliphatic rings. The highest BCUT2D eigenvalue weighted by Crippen LogP contribution is 2.50. The van der Waals surface area contributed by atoms with E-state index in [9.17, 15) is 5.11 Å². The molecule has 1 N–H and O–H groups in total. The van der Waals surface area contributed by atoms with Gasteiger partial charge in [0.15, 0.2) is 23.0 Å². The number of benzene rings is 2. The van der Waals surface area contributed by atoms with E-state index < -0.39 is 6.10 Å². The van der Waals surface area contributed by atoms with Gasteiger partial charge in [0.1, 0.15) is 0 Å². The van der Waals surface area contributed by atoms with Crippen molar-refractivity contribution in [3.63, 3.8) is 0 Å². The van der Waals surface area contributed by atoms with E-state index in [1.165, 1.54) is 0 Å². The van der Waals surface area contributed by atoms with Gasteiger partial charge in [-0.15, -0.1) is 0 Å². The summed E-state index contributed by atoms with van der Waals surface area (Å²) in [5, 5.41) is 11.4. The maximum Gasteiger partial charge on any atom is 0.203 e. The van der Waals surface area contributed by atoms with Gasteiger partial charge < -0.3 is 38.3 Å². The van der Waals surface area contributed by atoms with Gasteiger partial charge in [-0.2, -0.15) is 0 Å². The Hall–Kier alpha value is -2.84. The summed E-state index contributed by atoms with van der Waals surface area (Å²) < 4.78 is 39.0. The Morgan fingerprint density at radius 1 is 0.788 bits per heavy atom. The molecule has 4 atom stereocenters. The second kappa shape index (κ2) is 10.9. The summed E-state index contributed by atoms with van der Waals surface area (Å²) in [6, 6.07) is 7.38. The molecule has 1 fully saturated rings. The maximum atomic E-state index is 11.4. The first kappa shape index (κ1) is 24.8. The third-order valence-electron chi connectivity index (χ3n) is 6.33. The molecule has 0 spiro atoms. The Morgan fingerprint density at radius 3 is 1.64 bits per heavy atom. The van der Waals surface area contributed by atoms with Crippen molar-refractivity contribution in [1.29, 1.82) is 0 Å². The molecule has 0 saturated carbocycles. The molecule has 3 rings (SSSR count). The molecule has 0 amide bonds. The highest BCUT2D eigenvalue weighted by atomic mass is 16.5. The minimum absolute atomic E-state index is 0.0573. The van der Waals surface area contributed by atoms with Crippen LogP contribution in [0.5, 0.6) is 34.5 Å². The summed E-state index contributed by atoms with van der Waals surface area (Å²) in [5.41, 5.74) is 1.60. The van der Waals surface area contributed by atoms with Crippen molar-refractivity contribution < 1.29 is 38.3 Å². The molecule has 1 heterocycles. The fourth-order valence-corrected chi connectivity index (χ4v) is 4.66. The van der Waals surface area contributed by atoms with E-state index in [2.05, 4.69) is 6.92 Å². The molecule has 2 aromatic rings. The second-order valence-electron chi connectivity index (χ2n) is 7.85. The first-order valence-corrected chi connectivity index (χ1v) is 10.9. The van der Waals surface area contributed by atoms with Gasteiger partial charge in [0, 0.05) is 5.92 Å². The smallest absolute Gasteiger partial charge is 0.203 e. The number of aliphatic hydroxyl groups excluding tert-OH is 1. The molecule has 8 heteroatoms. The van der Waals surface area contributed by atoms with Crippen molar-refractivity contribution in [2.75, 3.05) is 49.3 Å². The number of ether oxygens (including phenoxy) is 7. The Kier molecular flexibility index (Phi) is 8.15. The lowest BCUT2D eigenvalue weighted by atomic mass is 9.80. The largest absolute Gasteiger partial charge is 0.493 e. The molecule has 182 valence electrons. The fourth-order valence-electron chi connectivity index (χ4n) is 4.66. The van der Waals surface area contributed by atoms with E-state index in [1.807, 2.05) is 12.1 Å². The number of methoxy groups -OCH3 is 6. The zero-order chi connectivity index (χ0) is 24.1. The Labute approximate surface area is 195 Å². The van der Waals surface area contributed by atoms with Crippen molar-refractivity contribution >= 4 is 0 Å². The lowest BCUT2D eigenvalue weighted by Crippen LogP contribution is -2.22. The van der Waals surface area contributed by atoms with Gasteiger partial charge in [-0.25, -0.2) is 0 Å². The predicted molar refractivity (Wildman–Crippen MR) is 123 cm³/mol. The van der Waals surface area contributed by atoms with Crippen LogP contribution in [0.2, 0.25) is 0 Å². The van der Waals surface area contributed by atoms with E-state index in [0.29, 0.717) is 46.7 Å². The summed E-state index contributed by atoms with van der Waals surface area (Å²) in [6.07, 6.45) is -0.200. The Bertz CT molecular complexity index is 894. The van der Waals surface area contributed by atoms with E-state index in [0.717, 1.165) is 12.0 Å². The summed E-state index contributed by atoms with van der Waals surface area (Å²) in [7, 11) is 9.42. The van der Waals surface area contributed by atoms with Crippen molar-refractivity contribution in [1.82, 2.24) is 0 Å². The molecule has 2 aromatic carbocycles. The van der Waals surface area contributed by atoms with Gasteiger partial charge in [0.25, 0.3) is 0 Å². The van der Waals surface area contributed by atoms with Gasteiger partial charge >= 0.3 is 0 Å². The van der Waals surface area contributed by atoms with Crippen LogP contribution < -0.4 is 28.4 Å². The van der Waals surface area contributed by atoms with Gasteiger partial charge in [-0.05, 0) is 41.3 Å². The van der Waals surface area contributed by atoms with Crippen LogP contribution in [-0.2, 0) is 4.74 Å². The van der Waals surface area contributed by atoms with E-state index in [-0.39, 0.29) is 17.9 Å². The van der Waals surface area contributed by atoms with Gasteiger partial charge in [-0.3, -0.25) is 0 Å². The normalized spacial score (nSPS) is 20.8. The first-order valence-electron chi connectivity index (χ1n) is 10.9. The predicted octanol–water partition coefficient (Wildman–Crippen LogP) is 4.19. The van der Waals surface area contributed by atoms with Crippen LogP contribution in [0.4, 0.5) is 0 Å². The number of aliphatic hydroxyl groups is 1. The molecule has 0 bridgehead atoms. The zero-order valence-electron chi connectivity index (χ0n) is 20.3. The van der Waals surface area contributed by atoms with Crippen LogP contribution in [-0.4, -0.2) is 54.4 Å². The third kappa shape index (κ3) is 4.63. The average molecular weight is 463 g/mol. The van der Waals surface area contributed by atoms with Crippen molar-refractivity contribution in [2.45, 2.75) is 25.6 Å². The average Bonchev–Trinajstić information content (AvgIpc) is 3.30. The van der Waals surface area contributed by atoms with Crippen molar-refractivity contribution in [3.8, 4) is 34.5 Å². The summed E-state index contributed by atoms with van der Waals surface area (Å²) in [5.74, 6) is 3.07. The number of hydrogen-bond donors (Lipinski definition) is 1. The summed E-state index contributed by atoms with van der Waals surface area (Å²) >= 11 is 0. The molecule has 1 saturated heterocycles. The maximum absolute atomic E-state index is 11.4. The van der Waals surface area contributed by atoms with Crippen LogP contribution in [0.15, 0.2) is 24.3 Å². The number of hydrogen-bond acceptors (Lipinski definition) is 8. The number of rotatable bonds is 10. The van der Waals surface area contributed by atoms with Gasteiger partial charge in [0.05, 0.1) is 61.5 Å². The lowest BCUT2D eigenvalue weighted by Gasteiger charge is -2.27. The van der Waals surface area contributed by atoms with Crippen LogP contribution in [0.1, 0.15) is 36.7 Å². The van der Waals surface area contributed by atoms with E-state index in [1.54, 1.807) is 54.8 Å². The Morgan fingerprint density at radius 2 is 1.24 bits per heavy atom. The van der Waals surface area contributed by atoms with Gasteiger partial charge in [0.2, 0.25) is 11.5 Å². The molecular formula is C25H34O8. The second-order valence-corrected chi connectivity index (χ2v) is 7.85. The van der Waals surface area contributed by atoms with Crippen LogP contribution in [0.3, 0.4) is 0 Å². The van der Waals surface area contributed by atoms with Crippen molar-refractivity contribution in [2.24, 2.45) is 11.8 Å². The standard InChI is InChI=1S/C25H34O8/c1-8-16-17(22(26)14-9-18(27-2)24(31-6)19(10-14)28-3)13-33-23(16)15-11-20(29-4)25(32-7)21(12-15)30-5/h9-12,16-17,22-23,26H,8,13H2,1-7H3/t16-,17?,22?,23+/m0/s1. The molecule has 8 nitrogen and oxygen atoms in total. The quantitative estimate of drug-likeness (QED) is 0.563. The topological polar surface area (TPSA) is 84.8 Å². The summed E-state index contributed by atoms with van der Waals surface area (Å²) in [6.45, 7) is 2.50. The first-order chi connectivity index (χ1) is 16.0. The molecule has 0 aliphatic carbocycles.